The van der Waals surface area contributed by atoms with Gasteiger partial charge in [-0.2, -0.15) is 0 Å². The SMILES string of the molecule is O=C1c2cccc(-n3c4ccccc4c4ccc(-n5c6ccccc6c6ccccc65)cc43)c2C(=O)N1c1cc(-c2ccccc2)ccc1-c1ccccc1. The van der Waals surface area contributed by atoms with Crippen molar-refractivity contribution in [2.24, 2.45) is 0 Å². The van der Waals surface area contributed by atoms with E-state index in [9.17, 15) is 4.79 Å². The van der Waals surface area contributed by atoms with Gasteiger partial charge in [-0.3, -0.25) is 9.59 Å². The molecule has 0 bridgehead atoms. The summed E-state index contributed by atoms with van der Waals surface area (Å²) in [5.74, 6) is -0.682. The summed E-state index contributed by atoms with van der Waals surface area (Å²) in [4.78, 5) is 31.1. The number of hydrogen-bond acceptors (Lipinski definition) is 2. The highest BCUT2D eigenvalue weighted by Gasteiger charge is 2.40. The lowest BCUT2D eigenvalue weighted by atomic mass is 9.97. The first-order valence-corrected chi connectivity index (χ1v) is 18.4. The molecule has 5 nitrogen and oxygen atoms in total. The van der Waals surface area contributed by atoms with Crippen LogP contribution in [0.5, 0.6) is 0 Å². The van der Waals surface area contributed by atoms with E-state index in [0.717, 1.165) is 60.8 Å². The number of carbonyl (C=O) groups excluding carboxylic acids is 2. The Balaban J connectivity index is 1.13. The summed E-state index contributed by atoms with van der Waals surface area (Å²) < 4.78 is 4.47. The monoisotopic (exact) mass is 705 g/mol. The van der Waals surface area contributed by atoms with E-state index in [1.54, 1.807) is 6.07 Å². The second-order valence-electron chi connectivity index (χ2n) is 14.0. The maximum absolute atomic E-state index is 15.1. The van der Waals surface area contributed by atoms with E-state index in [4.69, 9.17) is 0 Å². The van der Waals surface area contributed by atoms with E-state index in [1.807, 2.05) is 97.1 Å². The van der Waals surface area contributed by atoms with E-state index < -0.39 is 0 Å². The molecule has 1 aliphatic heterocycles. The number of imide groups is 1. The maximum atomic E-state index is 15.1. The number of rotatable bonds is 5. The van der Waals surface area contributed by atoms with Crippen LogP contribution in [0.2, 0.25) is 0 Å². The van der Waals surface area contributed by atoms with Crippen molar-refractivity contribution in [2.45, 2.75) is 0 Å². The van der Waals surface area contributed by atoms with Crippen molar-refractivity contribution in [3.8, 4) is 33.6 Å². The van der Waals surface area contributed by atoms with Gasteiger partial charge in [-0.25, -0.2) is 4.90 Å². The van der Waals surface area contributed by atoms with Crippen LogP contribution >= 0.6 is 0 Å². The highest BCUT2D eigenvalue weighted by molar-refractivity contribution is 6.36. The van der Waals surface area contributed by atoms with Crippen LogP contribution in [-0.2, 0) is 0 Å². The van der Waals surface area contributed by atoms with Crippen LogP contribution in [-0.4, -0.2) is 20.9 Å². The maximum Gasteiger partial charge on any atom is 0.268 e. The van der Waals surface area contributed by atoms with Crippen molar-refractivity contribution in [1.82, 2.24) is 9.13 Å². The van der Waals surface area contributed by atoms with Crippen molar-refractivity contribution in [3.05, 3.63) is 199 Å². The minimum absolute atomic E-state index is 0.337. The van der Waals surface area contributed by atoms with Gasteiger partial charge < -0.3 is 9.13 Å². The van der Waals surface area contributed by atoms with Gasteiger partial charge in [0.1, 0.15) is 0 Å². The summed E-state index contributed by atoms with van der Waals surface area (Å²) in [5.41, 5.74) is 10.8. The molecule has 11 rings (SSSR count). The summed E-state index contributed by atoms with van der Waals surface area (Å²) in [6.07, 6.45) is 0. The molecule has 0 saturated heterocycles. The Hall–Kier alpha value is -7.50. The van der Waals surface area contributed by atoms with Crippen LogP contribution in [0, 0.1) is 0 Å². The van der Waals surface area contributed by atoms with Crippen LogP contribution in [0.25, 0.3) is 77.2 Å². The van der Waals surface area contributed by atoms with Gasteiger partial charge in [-0.05, 0) is 65.2 Å². The van der Waals surface area contributed by atoms with Crippen molar-refractivity contribution in [2.75, 3.05) is 4.90 Å². The highest BCUT2D eigenvalue weighted by atomic mass is 16.2. The predicted molar refractivity (Wildman–Crippen MR) is 224 cm³/mol. The zero-order chi connectivity index (χ0) is 36.6. The first kappa shape index (κ1) is 31.1. The Bertz CT molecular complexity index is 3140. The molecule has 2 amide bonds. The molecule has 0 radical (unpaired) electrons. The summed E-state index contributed by atoms with van der Waals surface area (Å²) in [5, 5.41) is 4.51. The predicted octanol–water partition coefficient (Wildman–Crippen LogP) is 12.0. The van der Waals surface area contributed by atoms with Gasteiger partial charge in [-0.1, -0.05) is 140 Å². The molecule has 5 heteroatoms. The normalized spacial score (nSPS) is 12.8. The lowest BCUT2D eigenvalue weighted by Gasteiger charge is -2.20. The second-order valence-corrected chi connectivity index (χ2v) is 14.0. The topological polar surface area (TPSA) is 47.2 Å². The molecule has 10 aromatic rings. The molecule has 0 aliphatic carbocycles. The minimum atomic E-state index is -0.345. The van der Waals surface area contributed by atoms with E-state index in [0.29, 0.717) is 22.5 Å². The smallest absolute Gasteiger partial charge is 0.268 e. The quantitative estimate of drug-likeness (QED) is 0.167. The highest BCUT2D eigenvalue weighted by Crippen LogP contribution is 2.42. The number of fused-ring (bicyclic) bond motifs is 7. The standard InChI is InChI=1S/C50H31N3O2/c54-49-41-21-13-25-45(48(41)50(55)53(49)46-30-34(32-14-3-1-4-15-32)26-28-36(46)33-16-5-2-6-17-33)52-44-24-12-9-20-39(44)40-29-27-35(31-47(40)52)51-42-22-10-7-18-37(42)38-19-8-11-23-43(38)51/h1-31H. The Morgan fingerprint density at radius 3 is 1.55 bits per heavy atom. The number of benzene rings is 8. The van der Waals surface area contributed by atoms with Crippen LogP contribution in [0.3, 0.4) is 0 Å². The molecule has 0 saturated carbocycles. The third-order valence-electron chi connectivity index (χ3n) is 11.1. The third kappa shape index (κ3) is 4.60. The molecular formula is C50H31N3O2. The molecule has 0 spiro atoms. The summed E-state index contributed by atoms with van der Waals surface area (Å²) in [7, 11) is 0. The van der Waals surface area contributed by atoms with Crippen molar-refractivity contribution < 1.29 is 9.59 Å². The van der Waals surface area contributed by atoms with Gasteiger partial charge >= 0.3 is 0 Å². The zero-order valence-corrected chi connectivity index (χ0v) is 29.6. The number of carbonyl (C=O) groups is 2. The first-order valence-electron chi connectivity index (χ1n) is 18.4. The Morgan fingerprint density at radius 1 is 0.327 bits per heavy atom. The Labute approximate surface area is 316 Å². The van der Waals surface area contributed by atoms with Gasteiger partial charge in [0.25, 0.3) is 11.8 Å². The van der Waals surface area contributed by atoms with Crippen LogP contribution in [0.1, 0.15) is 20.7 Å². The van der Waals surface area contributed by atoms with Crippen molar-refractivity contribution >= 4 is 61.1 Å². The fourth-order valence-electron chi connectivity index (χ4n) is 8.62. The Kier molecular flexibility index (Phi) is 6.79. The summed E-state index contributed by atoms with van der Waals surface area (Å²) >= 11 is 0. The number of para-hydroxylation sites is 3. The van der Waals surface area contributed by atoms with E-state index in [-0.39, 0.29) is 11.8 Å². The van der Waals surface area contributed by atoms with Crippen molar-refractivity contribution in [1.29, 1.82) is 0 Å². The van der Waals surface area contributed by atoms with Crippen LogP contribution in [0.15, 0.2) is 188 Å². The van der Waals surface area contributed by atoms with Crippen LogP contribution < -0.4 is 4.90 Å². The molecule has 3 heterocycles. The second kappa shape index (κ2) is 12.0. The molecule has 55 heavy (non-hydrogen) atoms. The van der Waals surface area contributed by atoms with Crippen LogP contribution in [0.4, 0.5) is 5.69 Å². The molecule has 2 aromatic heterocycles. The van der Waals surface area contributed by atoms with Gasteiger partial charge in [0.15, 0.2) is 0 Å². The molecule has 0 fully saturated rings. The third-order valence-corrected chi connectivity index (χ3v) is 11.1. The number of aromatic nitrogens is 2. The number of amides is 2. The molecule has 0 unspecified atom stereocenters. The lowest BCUT2D eigenvalue weighted by molar-refractivity contribution is 0.0926. The molecule has 1 aliphatic rings. The van der Waals surface area contributed by atoms with Gasteiger partial charge in [-0.15, -0.1) is 0 Å². The molecule has 258 valence electrons. The zero-order valence-electron chi connectivity index (χ0n) is 29.6. The first-order chi connectivity index (χ1) is 27.2. The molecular weight excluding hydrogens is 675 g/mol. The fraction of sp³-hybridized carbons (Fsp3) is 0. The number of nitrogens with zero attached hydrogens (tertiary/aromatic N) is 3. The molecule has 0 N–H and O–H groups in total. The minimum Gasteiger partial charge on any atom is -0.309 e. The van der Waals surface area contributed by atoms with E-state index in [1.165, 1.54) is 15.7 Å². The largest absolute Gasteiger partial charge is 0.309 e. The number of anilines is 1. The van der Waals surface area contributed by atoms with Gasteiger partial charge in [0, 0.05) is 32.8 Å². The van der Waals surface area contributed by atoms with E-state index >= 15 is 4.79 Å². The van der Waals surface area contributed by atoms with E-state index in [2.05, 4.69) is 94.1 Å². The van der Waals surface area contributed by atoms with Gasteiger partial charge in [0.2, 0.25) is 0 Å². The van der Waals surface area contributed by atoms with Gasteiger partial charge in [0.05, 0.1) is 44.6 Å². The summed E-state index contributed by atoms with van der Waals surface area (Å²) in [6, 6.07) is 63.5. The summed E-state index contributed by atoms with van der Waals surface area (Å²) in [6.45, 7) is 0. The molecule has 8 aromatic carbocycles. The molecule has 0 atom stereocenters. The lowest BCUT2D eigenvalue weighted by Crippen LogP contribution is -2.30. The Morgan fingerprint density at radius 2 is 0.891 bits per heavy atom. The average Bonchev–Trinajstić information content (AvgIpc) is 3.85. The fourth-order valence-corrected chi connectivity index (χ4v) is 8.62. The van der Waals surface area contributed by atoms with Crippen molar-refractivity contribution in [3.63, 3.8) is 0 Å². The average molecular weight is 706 g/mol. The number of hydrogen-bond donors (Lipinski definition) is 0.